The first-order valence-corrected chi connectivity index (χ1v) is 14.4. The highest BCUT2D eigenvalue weighted by Gasteiger charge is 2.56. The van der Waals surface area contributed by atoms with E-state index in [1.807, 2.05) is 19.1 Å². The molecule has 0 saturated carbocycles. The standard InChI is InChI=1S/C29H38INO5/c1-5-8-19-15-20-26(29(34)31(11-6-2)28(20)33)21-16-36-23(25(19)21)10-9-17(7-3)12-18-13-22(30)27(32)24(14-18)35-4/h12-14,20-21,23,26,32H,5-11,15-16H2,1-4H3/b17-12+/t20-,21+,23-,26-/m1/s1. The van der Waals surface area contributed by atoms with Crippen LogP contribution >= 0.6 is 22.6 Å². The maximum Gasteiger partial charge on any atom is 0.233 e. The van der Waals surface area contributed by atoms with E-state index in [4.69, 9.17) is 9.47 Å². The van der Waals surface area contributed by atoms with Crippen LogP contribution in [0.15, 0.2) is 28.9 Å². The van der Waals surface area contributed by atoms with Gasteiger partial charge < -0.3 is 14.6 Å². The zero-order valence-electron chi connectivity index (χ0n) is 21.8. The summed E-state index contributed by atoms with van der Waals surface area (Å²) in [7, 11) is 1.56. The summed E-state index contributed by atoms with van der Waals surface area (Å²) in [6.45, 7) is 7.40. The summed E-state index contributed by atoms with van der Waals surface area (Å²) in [5.74, 6) is 0.256. The Bertz CT molecular complexity index is 1080. The molecule has 36 heavy (non-hydrogen) atoms. The summed E-state index contributed by atoms with van der Waals surface area (Å²) >= 11 is 2.12. The third-order valence-electron chi connectivity index (χ3n) is 7.92. The first-order valence-electron chi connectivity index (χ1n) is 13.3. The van der Waals surface area contributed by atoms with E-state index < -0.39 is 0 Å². The van der Waals surface area contributed by atoms with Gasteiger partial charge in [-0.3, -0.25) is 14.5 Å². The third kappa shape index (κ3) is 5.10. The van der Waals surface area contributed by atoms with Crippen LogP contribution in [-0.4, -0.2) is 48.2 Å². The van der Waals surface area contributed by atoms with Crippen LogP contribution in [0.5, 0.6) is 11.5 Å². The lowest BCUT2D eigenvalue weighted by Crippen LogP contribution is -2.34. The quantitative estimate of drug-likeness (QED) is 0.198. The zero-order valence-corrected chi connectivity index (χ0v) is 24.0. The van der Waals surface area contributed by atoms with E-state index in [1.54, 1.807) is 7.11 Å². The van der Waals surface area contributed by atoms with Gasteiger partial charge in [0.1, 0.15) is 0 Å². The normalized spacial score (nSPS) is 26.0. The van der Waals surface area contributed by atoms with Gasteiger partial charge in [0.25, 0.3) is 0 Å². The second-order valence-corrected chi connectivity index (χ2v) is 11.3. The van der Waals surface area contributed by atoms with Crippen LogP contribution in [-0.2, 0) is 14.3 Å². The van der Waals surface area contributed by atoms with Crippen molar-refractivity contribution >= 4 is 40.5 Å². The molecular formula is C29H38INO5. The topological polar surface area (TPSA) is 76.1 Å². The largest absolute Gasteiger partial charge is 0.504 e. The van der Waals surface area contributed by atoms with Gasteiger partial charge in [-0.05, 0) is 84.4 Å². The van der Waals surface area contributed by atoms with Gasteiger partial charge in [0, 0.05) is 12.5 Å². The Labute approximate surface area is 228 Å². The number of phenolic OH excluding ortho intramolecular Hbond substituents is 1. The van der Waals surface area contributed by atoms with Gasteiger partial charge >= 0.3 is 0 Å². The average molecular weight is 608 g/mol. The lowest BCUT2D eigenvalue weighted by Gasteiger charge is -2.32. The number of allylic oxidation sites excluding steroid dienone is 2. The lowest BCUT2D eigenvalue weighted by molar-refractivity contribution is -0.140. The highest BCUT2D eigenvalue weighted by molar-refractivity contribution is 14.1. The minimum atomic E-state index is -0.252. The summed E-state index contributed by atoms with van der Waals surface area (Å²) in [6.07, 6.45) is 8.34. The van der Waals surface area contributed by atoms with Crippen LogP contribution in [0.4, 0.5) is 0 Å². The Kier molecular flexibility index (Phi) is 8.81. The predicted octanol–water partition coefficient (Wildman–Crippen LogP) is 6.11. The number of nitrogens with zero attached hydrogens (tertiary/aromatic N) is 1. The number of phenols is 1. The van der Waals surface area contributed by atoms with Crippen LogP contribution < -0.4 is 4.74 Å². The maximum absolute atomic E-state index is 13.3. The van der Waals surface area contributed by atoms with Gasteiger partial charge in [0.2, 0.25) is 11.8 Å². The first-order chi connectivity index (χ1) is 17.3. The van der Waals surface area contributed by atoms with Crippen molar-refractivity contribution in [2.45, 2.75) is 71.8 Å². The fourth-order valence-corrected chi connectivity index (χ4v) is 6.88. The number of amides is 2. The van der Waals surface area contributed by atoms with Crippen molar-refractivity contribution in [1.29, 1.82) is 0 Å². The van der Waals surface area contributed by atoms with Gasteiger partial charge in [-0.2, -0.15) is 0 Å². The van der Waals surface area contributed by atoms with Crippen molar-refractivity contribution in [3.8, 4) is 11.5 Å². The molecule has 1 aliphatic carbocycles. The van der Waals surface area contributed by atoms with E-state index in [-0.39, 0.29) is 41.4 Å². The molecule has 4 atom stereocenters. The average Bonchev–Trinajstić information content (AvgIpc) is 3.39. The molecule has 7 heteroatoms. The third-order valence-corrected chi connectivity index (χ3v) is 8.74. The minimum Gasteiger partial charge on any atom is -0.504 e. The molecule has 4 rings (SSSR count). The number of likely N-dealkylation sites (tertiary alicyclic amines) is 1. The predicted molar refractivity (Wildman–Crippen MR) is 149 cm³/mol. The molecule has 2 fully saturated rings. The molecule has 0 bridgehead atoms. The van der Waals surface area contributed by atoms with Crippen molar-refractivity contribution in [3.05, 3.63) is 38.0 Å². The second-order valence-electron chi connectivity index (χ2n) is 10.2. The van der Waals surface area contributed by atoms with Crippen LogP contribution in [0, 0.1) is 21.3 Å². The van der Waals surface area contributed by atoms with Gasteiger partial charge in [-0.1, -0.05) is 44.4 Å². The van der Waals surface area contributed by atoms with Crippen LogP contribution in [0.1, 0.15) is 71.3 Å². The molecule has 3 aliphatic rings. The van der Waals surface area contributed by atoms with E-state index >= 15 is 0 Å². The number of carbonyl (C=O) groups is 2. The molecule has 0 unspecified atom stereocenters. The van der Waals surface area contributed by atoms with Crippen LogP contribution in [0.2, 0.25) is 0 Å². The number of benzene rings is 1. The molecular weight excluding hydrogens is 569 g/mol. The molecule has 2 saturated heterocycles. The van der Waals surface area contributed by atoms with Crippen LogP contribution in [0.3, 0.4) is 0 Å². The number of rotatable bonds is 10. The fourth-order valence-electron chi connectivity index (χ4n) is 6.26. The molecule has 196 valence electrons. The van der Waals surface area contributed by atoms with Crippen molar-refractivity contribution in [1.82, 2.24) is 4.90 Å². The number of methoxy groups -OCH3 is 1. The summed E-state index contributed by atoms with van der Waals surface area (Å²) in [5, 5.41) is 10.2. The molecule has 0 spiro atoms. The first kappa shape index (κ1) is 27.2. The summed E-state index contributed by atoms with van der Waals surface area (Å²) in [5.41, 5.74) is 4.98. The molecule has 0 radical (unpaired) electrons. The van der Waals surface area contributed by atoms with Gasteiger partial charge in [0.15, 0.2) is 11.5 Å². The van der Waals surface area contributed by atoms with Gasteiger partial charge in [0.05, 0.1) is 35.2 Å². The van der Waals surface area contributed by atoms with E-state index in [9.17, 15) is 14.7 Å². The highest BCUT2D eigenvalue weighted by Crippen LogP contribution is 2.50. The number of hydrogen-bond donors (Lipinski definition) is 1. The maximum atomic E-state index is 13.3. The van der Waals surface area contributed by atoms with Gasteiger partial charge in [-0.15, -0.1) is 0 Å². The Morgan fingerprint density at radius 3 is 2.64 bits per heavy atom. The van der Waals surface area contributed by atoms with Gasteiger partial charge in [-0.25, -0.2) is 0 Å². The summed E-state index contributed by atoms with van der Waals surface area (Å²) in [6, 6.07) is 3.83. The molecule has 2 heterocycles. The van der Waals surface area contributed by atoms with Crippen molar-refractivity contribution in [2.24, 2.45) is 17.8 Å². The lowest BCUT2D eigenvalue weighted by atomic mass is 9.68. The number of aromatic hydroxyl groups is 1. The van der Waals surface area contributed by atoms with E-state index in [2.05, 4.69) is 42.5 Å². The van der Waals surface area contributed by atoms with E-state index in [0.29, 0.717) is 25.3 Å². The number of halogens is 1. The van der Waals surface area contributed by atoms with Crippen molar-refractivity contribution < 1.29 is 24.2 Å². The van der Waals surface area contributed by atoms with E-state index in [0.717, 1.165) is 47.7 Å². The molecule has 1 N–H and O–H groups in total. The number of imide groups is 1. The minimum absolute atomic E-state index is 0.00469. The summed E-state index contributed by atoms with van der Waals surface area (Å²) < 4.78 is 12.4. The molecule has 0 aromatic heterocycles. The number of fused-ring (bicyclic) bond motifs is 3. The molecule has 6 nitrogen and oxygen atoms in total. The Hall–Kier alpha value is -1.87. The fraction of sp³-hybridized carbons (Fsp3) is 0.586. The second kappa shape index (κ2) is 11.7. The SMILES string of the molecule is CCCC1=C2[C@@H](CC/C(=C/c3cc(I)c(O)c(OC)c3)CC)OC[C@@H]2[C@@H]2C(=O)N(CCC)C(=O)[C@@H]2C1. The zero-order chi connectivity index (χ0) is 26.0. The summed E-state index contributed by atoms with van der Waals surface area (Å²) in [4.78, 5) is 27.9. The highest BCUT2D eigenvalue weighted by atomic mass is 127. The molecule has 1 aromatic rings. The molecule has 2 aliphatic heterocycles. The van der Waals surface area contributed by atoms with E-state index in [1.165, 1.54) is 21.6 Å². The monoisotopic (exact) mass is 607 g/mol. The number of ether oxygens (including phenoxy) is 2. The molecule has 2 amide bonds. The van der Waals surface area contributed by atoms with Crippen molar-refractivity contribution in [2.75, 3.05) is 20.3 Å². The van der Waals surface area contributed by atoms with Crippen LogP contribution in [0.25, 0.3) is 6.08 Å². The van der Waals surface area contributed by atoms with Crippen molar-refractivity contribution in [3.63, 3.8) is 0 Å². The number of carbonyl (C=O) groups excluding carboxylic acids is 2. The Morgan fingerprint density at radius 2 is 1.97 bits per heavy atom. The Balaban J connectivity index is 1.55. The Morgan fingerprint density at radius 1 is 1.19 bits per heavy atom. The molecule has 1 aromatic carbocycles. The number of hydrogen-bond acceptors (Lipinski definition) is 5. The smallest absolute Gasteiger partial charge is 0.233 e.